The molecule has 0 aromatic carbocycles. The number of aliphatic hydroxyl groups excluding tert-OH is 17. The lowest BCUT2D eigenvalue weighted by molar-refractivity contribution is -0.404. The van der Waals surface area contributed by atoms with Crippen LogP contribution in [0, 0.1) is 46.3 Å². The first-order valence-electron chi connectivity index (χ1n) is 30.2. The van der Waals surface area contributed by atoms with Crippen LogP contribution in [0.1, 0.15) is 91.9 Å². The summed E-state index contributed by atoms with van der Waals surface area (Å²) in [5.74, 6) is 0.0319. The maximum atomic E-state index is 13.6. The second-order valence-corrected chi connectivity index (χ2v) is 26.1. The third-order valence-electron chi connectivity index (χ3n) is 20.9. The number of aliphatic hydroxyl groups is 17. The summed E-state index contributed by atoms with van der Waals surface area (Å²) >= 11 is 0. The van der Waals surface area contributed by atoms with Crippen LogP contribution in [0.4, 0.5) is 0 Å². The van der Waals surface area contributed by atoms with Crippen LogP contribution in [-0.4, -0.2) is 298 Å². The largest absolute Gasteiger partial charge is 0.462 e. The first-order chi connectivity index (χ1) is 40.3. The van der Waals surface area contributed by atoms with Crippen molar-refractivity contribution in [2.45, 2.75) is 258 Å². The van der Waals surface area contributed by atoms with Crippen molar-refractivity contribution in [1.29, 1.82) is 0 Å². The van der Waals surface area contributed by atoms with E-state index in [1.807, 2.05) is 6.92 Å². The lowest BCUT2D eigenvalue weighted by Gasteiger charge is -2.61. The average Bonchev–Trinajstić information content (AvgIpc) is 1.69. The minimum Gasteiger partial charge on any atom is -0.462 e. The van der Waals surface area contributed by atoms with Crippen LogP contribution in [0.5, 0.6) is 0 Å². The quantitative estimate of drug-likeness (QED) is 0.0399. The van der Waals surface area contributed by atoms with E-state index in [1.165, 1.54) is 0 Å². The van der Waals surface area contributed by atoms with Crippen molar-refractivity contribution in [1.82, 2.24) is 0 Å². The van der Waals surface area contributed by atoms with Gasteiger partial charge in [0.05, 0.1) is 51.8 Å². The number of hydrogen-bond acceptors (Lipinski definition) is 29. The van der Waals surface area contributed by atoms with Crippen molar-refractivity contribution in [2.75, 3.05) is 39.6 Å². The van der Waals surface area contributed by atoms with E-state index in [4.69, 9.17) is 52.1 Å². The molecule has 29 nitrogen and oxygen atoms in total. The maximum Gasteiger partial charge on any atom is 0.306 e. The molecule has 29 heteroatoms. The highest BCUT2D eigenvalue weighted by Crippen LogP contribution is 2.68. The molecular weight excluding hydrogens is 1140 g/mol. The van der Waals surface area contributed by atoms with Gasteiger partial charge in [-0.15, -0.1) is 0 Å². The molecule has 4 aliphatic carbocycles. The van der Waals surface area contributed by atoms with E-state index in [0.29, 0.717) is 31.6 Å². The van der Waals surface area contributed by atoms with Gasteiger partial charge in [-0.2, -0.15) is 0 Å². The summed E-state index contributed by atoms with van der Waals surface area (Å²) in [6, 6.07) is 0. The van der Waals surface area contributed by atoms with Gasteiger partial charge in [0.2, 0.25) is 0 Å². The minimum atomic E-state index is -2.04. The molecule has 0 radical (unpaired) electrons. The fourth-order valence-corrected chi connectivity index (χ4v) is 16.0. The molecule has 0 spiro atoms. The summed E-state index contributed by atoms with van der Waals surface area (Å²) in [4.78, 5) is 13.6. The van der Waals surface area contributed by atoms with Gasteiger partial charge < -0.3 is 139 Å². The predicted octanol–water partition coefficient (Wildman–Crippen LogP) is -5.92. The molecular formula is C56H94O29. The molecule has 85 heavy (non-hydrogen) atoms. The number of esters is 1. The molecule has 492 valence electrons. The number of carbonyl (C=O) groups is 1. The molecule has 9 fully saturated rings. The van der Waals surface area contributed by atoms with Gasteiger partial charge in [0.15, 0.2) is 31.5 Å². The van der Waals surface area contributed by atoms with Crippen molar-refractivity contribution >= 4 is 5.97 Å². The lowest BCUT2D eigenvalue weighted by atomic mass is 9.44. The number of hydrogen-bond donors (Lipinski definition) is 17. The Morgan fingerprint density at radius 3 is 1.72 bits per heavy atom. The minimum absolute atomic E-state index is 0.0515. The first kappa shape index (κ1) is 67.8. The number of ether oxygens (including phenoxy) is 11. The molecule has 9 aliphatic rings. The molecule has 5 heterocycles. The molecule has 0 amide bonds. The summed E-state index contributed by atoms with van der Waals surface area (Å²) in [5, 5.41) is 181. The highest BCUT2D eigenvalue weighted by molar-refractivity contribution is 5.69. The van der Waals surface area contributed by atoms with E-state index < -0.39 is 205 Å². The van der Waals surface area contributed by atoms with E-state index in [9.17, 15) is 91.6 Å². The van der Waals surface area contributed by atoms with Gasteiger partial charge in [-0.05, 0) is 105 Å². The van der Waals surface area contributed by atoms with Gasteiger partial charge in [-0.25, -0.2) is 0 Å². The SMILES string of the molecule is C[C@H](CCC(=O)O[C@H]1C[C@H]2[C@@H]3CC[C@H]4C[C@@H](O[C@@H]5O[C@H](CO)[C@H](O[C@@H]6O[C@H](CO)[C@@H](O)[C@H](O[C@@H]7OC[C@@H](O)[C@H](O)[C@H]7O)[C@H]6O[C@@H]6O[C@H](CO)[C@@H](O)[C@H](O)[C@H]6O)[C@H](O)[C@H]5O)CC[C@]4(C)[C@H]3CC[C@]2(C)[C@H]1[C@H](C)O)CO[C@@H]1O[C@H](CO)[C@@H](O)[C@H](O)[C@H]1O. The third-order valence-corrected chi connectivity index (χ3v) is 20.9. The van der Waals surface area contributed by atoms with Crippen LogP contribution in [0.3, 0.4) is 0 Å². The standard InChI is InChI=1S/C56H94O29/c1-21(19-75-50-44(72)40(68)37(65)30(15-57)79-50)5-8-34(63)78-29-14-27-25-7-6-23-13-24(9-11-55(23,3)26(25)10-12-56(27,4)35(29)22(2)61)77-52-46(74)42(70)47(33(18-60)82-52)83-54-49(85-53-45(73)41(69)38(66)31(16-58)80-53)48(39(67)32(17-59)81-54)84-51-43(71)36(64)28(62)20-76-51/h21-33,35-54,57-62,64-74H,5-20H2,1-4H3/t21-,22+,23+,24+,25-,26+,27+,28-,29+,30-,31-,32-,33-,35+,36+,37-,38-,39-,40+,41+,42-,43-,44-,45-,46-,47+,48+,49-,50-,51+,52-,53+,54+,55+,56+/m1/s1. The topological polar surface area (TPSA) is 463 Å². The molecule has 5 aliphatic heterocycles. The summed E-state index contributed by atoms with van der Waals surface area (Å²) in [6.07, 6.45) is -36.2. The predicted molar refractivity (Wildman–Crippen MR) is 281 cm³/mol. The van der Waals surface area contributed by atoms with E-state index in [1.54, 1.807) is 6.92 Å². The Hall–Kier alpha value is -1.61. The summed E-state index contributed by atoms with van der Waals surface area (Å²) < 4.78 is 65.2. The van der Waals surface area contributed by atoms with E-state index >= 15 is 0 Å². The lowest BCUT2D eigenvalue weighted by Crippen LogP contribution is -2.68. The Balaban J connectivity index is 0.822. The van der Waals surface area contributed by atoms with Gasteiger partial charge >= 0.3 is 5.97 Å². The Kier molecular flexibility index (Phi) is 22.4. The van der Waals surface area contributed by atoms with Gasteiger partial charge in [0, 0.05) is 12.3 Å². The first-order valence-corrected chi connectivity index (χ1v) is 30.2. The molecule has 5 saturated heterocycles. The van der Waals surface area contributed by atoms with Crippen LogP contribution in [0.25, 0.3) is 0 Å². The summed E-state index contributed by atoms with van der Waals surface area (Å²) in [5.41, 5.74) is -0.429. The fraction of sp³-hybridized carbons (Fsp3) is 0.982. The monoisotopic (exact) mass is 1230 g/mol. The van der Waals surface area contributed by atoms with Crippen molar-refractivity contribution < 1.29 is 144 Å². The molecule has 4 saturated carbocycles. The zero-order chi connectivity index (χ0) is 61.7. The van der Waals surface area contributed by atoms with Gasteiger partial charge in [0.1, 0.15) is 122 Å². The van der Waals surface area contributed by atoms with Crippen LogP contribution in [0.2, 0.25) is 0 Å². The summed E-state index contributed by atoms with van der Waals surface area (Å²) in [7, 11) is 0. The fourth-order valence-electron chi connectivity index (χ4n) is 16.0. The number of fused-ring (bicyclic) bond motifs is 5. The van der Waals surface area contributed by atoms with Crippen LogP contribution in [0.15, 0.2) is 0 Å². The Morgan fingerprint density at radius 2 is 1.07 bits per heavy atom. The van der Waals surface area contributed by atoms with Gasteiger partial charge in [0.25, 0.3) is 0 Å². The van der Waals surface area contributed by atoms with Crippen LogP contribution < -0.4 is 0 Å². The Labute approximate surface area is 492 Å². The summed E-state index contributed by atoms with van der Waals surface area (Å²) in [6.45, 7) is 4.45. The molecule has 0 aromatic heterocycles. The zero-order valence-electron chi connectivity index (χ0n) is 48.4. The highest BCUT2D eigenvalue weighted by Gasteiger charge is 2.65. The molecule has 9 rings (SSSR count). The van der Waals surface area contributed by atoms with Crippen LogP contribution >= 0.6 is 0 Å². The van der Waals surface area contributed by atoms with Gasteiger partial charge in [-0.1, -0.05) is 20.8 Å². The van der Waals surface area contributed by atoms with Crippen LogP contribution in [-0.2, 0) is 56.9 Å². The van der Waals surface area contributed by atoms with Crippen molar-refractivity contribution in [2.24, 2.45) is 46.3 Å². The van der Waals surface area contributed by atoms with Crippen molar-refractivity contribution in [3.8, 4) is 0 Å². The average molecular weight is 1230 g/mol. The smallest absolute Gasteiger partial charge is 0.306 e. The number of rotatable bonds is 20. The zero-order valence-corrected chi connectivity index (χ0v) is 48.4. The molecule has 17 N–H and O–H groups in total. The third kappa shape index (κ3) is 13.5. The Bertz CT molecular complexity index is 2130. The second kappa shape index (κ2) is 28.1. The van der Waals surface area contributed by atoms with Gasteiger partial charge in [-0.3, -0.25) is 4.79 Å². The maximum absolute atomic E-state index is 13.6. The van der Waals surface area contributed by atoms with E-state index in [-0.39, 0.29) is 53.4 Å². The second-order valence-electron chi connectivity index (χ2n) is 26.1. The molecule has 0 unspecified atom stereocenters. The number of carbonyl (C=O) groups excluding carboxylic acids is 1. The molecule has 0 aromatic rings. The van der Waals surface area contributed by atoms with Crippen molar-refractivity contribution in [3.05, 3.63) is 0 Å². The Morgan fingerprint density at radius 1 is 0.529 bits per heavy atom. The highest BCUT2D eigenvalue weighted by atomic mass is 16.8. The molecule has 0 bridgehead atoms. The van der Waals surface area contributed by atoms with E-state index in [0.717, 1.165) is 32.1 Å². The van der Waals surface area contributed by atoms with Crippen molar-refractivity contribution in [3.63, 3.8) is 0 Å². The normalized spacial score (nSPS) is 51.9. The molecule has 35 atom stereocenters. The van der Waals surface area contributed by atoms with E-state index in [2.05, 4.69) is 13.8 Å².